The Morgan fingerprint density at radius 3 is 2.57 bits per heavy atom. The second-order valence-electron chi connectivity index (χ2n) is 7.22. The zero-order valence-corrected chi connectivity index (χ0v) is 16.3. The smallest absolute Gasteiger partial charge is 0.312 e. The molecular weight excluding hydrogens is 379 g/mol. The average molecular weight is 399 g/mol. The Labute approximate surface area is 168 Å². The van der Waals surface area contributed by atoms with Gasteiger partial charge in [-0.05, 0) is 37.1 Å². The van der Waals surface area contributed by atoms with Crippen molar-refractivity contribution in [2.45, 2.75) is 32.2 Å². The number of rotatable bonds is 4. The van der Waals surface area contributed by atoms with Gasteiger partial charge in [0.15, 0.2) is 0 Å². The van der Waals surface area contributed by atoms with Crippen LogP contribution < -0.4 is 5.32 Å². The Bertz CT molecular complexity index is 984. The predicted octanol–water partition coefficient (Wildman–Crippen LogP) is 4.67. The first-order chi connectivity index (χ1) is 13.3. The van der Waals surface area contributed by atoms with Crippen LogP contribution in [0.25, 0.3) is 0 Å². The fourth-order valence-electron chi connectivity index (χ4n) is 3.81. The monoisotopic (exact) mass is 398 g/mol. The third-order valence-corrected chi connectivity index (χ3v) is 5.91. The summed E-state index contributed by atoms with van der Waals surface area (Å²) in [6, 6.07) is 15.2. The zero-order valence-electron chi connectivity index (χ0n) is 15.5. The van der Waals surface area contributed by atoms with E-state index in [4.69, 9.17) is 11.6 Å². The summed E-state index contributed by atoms with van der Waals surface area (Å²) in [6.45, 7) is 3.37. The van der Waals surface area contributed by atoms with E-state index in [-0.39, 0.29) is 5.02 Å². The Balaban J connectivity index is 2.22. The first-order valence-electron chi connectivity index (χ1n) is 8.91. The van der Waals surface area contributed by atoms with Gasteiger partial charge >= 0.3 is 5.97 Å². The maximum Gasteiger partial charge on any atom is 0.312 e. The maximum absolute atomic E-state index is 13.6. The molecule has 144 valence electrons. The SMILES string of the molecule is CC1NC(Cc2ccccc2)=C(C#N)C(c2ccc(F)cc2Cl)C1(C)C(=O)O. The Morgan fingerprint density at radius 2 is 2.00 bits per heavy atom. The van der Waals surface area contributed by atoms with E-state index in [1.807, 2.05) is 30.3 Å². The van der Waals surface area contributed by atoms with Crippen LogP contribution in [0.5, 0.6) is 0 Å². The molecule has 0 spiro atoms. The highest BCUT2D eigenvalue weighted by atomic mass is 35.5. The van der Waals surface area contributed by atoms with E-state index in [0.717, 1.165) is 11.6 Å². The third kappa shape index (κ3) is 3.36. The highest BCUT2D eigenvalue weighted by Gasteiger charge is 2.52. The predicted molar refractivity (Wildman–Crippen MR) is 105 cm³/mol. The number of halogens is 2. The molecule has 2 aromatic rings. The standard InChI is InChI=1S/C22H20ClFN2O2/c1-13-22(2,21(27)28)20(16-9-8-15(24)11-18(16)23)17(12-25)19(26-13)10-14-6-4-3-5-7-14/h3-9,11,13,20,26H,10H2,1-2H3,(H,27,28). The van der Waals surface area contributed by atoms with Gasteiger partial charge < -0.3 is 10.4 Å². The number of carbonyl (C=O) groups is 1. The number of benzene rings is 2. The fourth-order valence-corrected chi connectivity index (χ4v) is 4.09. The maximum atomic E-state index is 13.6. The summed E-state index contributed by atoms with van der Waals surface area (Å²) in [5.74, 6) is -2.37. The molecule has 0 aromatic heterocycles. The number of carboxylic acids is 1. The Morgan fingerprint density at radius 1 is 1.32 bits per heavy atom. The van der Waals surface area contributed by atoms with Gasteiger partial charge in [-0.15, -0.1) is 0 Å². The summed E-state index contributed by atoms with van der Waals surface area (Å²) >= 11 is 6.29. The van der Waals surface area contributed by atoms with Crippen LogP contribution in [0.2, 0.25) is 5.02 Å². The number of aliphatic carboxylic acids is 1. The van der Waals surface area contributed by atoms with Gasteiger partial charge in [0.25, 0.3) is 0 Å². The van der Waals surface area contributed by atoms with Crippen LogP contribution in [0, 0.1) is 22.6 Å². The fraction of sp³-hybridized carbons (Fsp3) is 0.273. The minimum absolute atomic E-state index is 0.110. The molecule has 0 saturated heterocycles. The lowest BCUT2D eigenvalue weighted by Gasteiger charge is -2.45. The van der Waals surface area contributed by atoms with E-state index in [9.17, 15) is 19.6 Å². The molecule has 0 radical (unpaired) electrons. The summed E-state index contributed by atoms with van der Waals surface area (Å²) in [5, 5.41) is 23.3. The van der Waals surface area contributed by atoms with Crippen molar-refractivity contribution in [3.05, 3.63) is 81.8 Å². The van der Waals surface area contributed by atoms with Gasteiger partial charge in [0.05, 0.1) is 17.1 Å². The van der Waals surface area contributed by atoms with Gasteiger partial charge in [0.2, 0.25) is 0 Å². The summed E-state index contributed by atoms with van der Waals surface area (Å²) in [7, 11) is 0. The molecule has 1 aliphatic rings. The molecule has 0 saturated carbocycles. The first-order valence-corrected chi connectivity index (χ1v) is 9.28. The molecule has 0 bridgehead atoms. The van der Waals surface area contributed by atoms with Crippen molar-refractivity contribution in [3.63, 3.8) is 0 Å². The van der Waals surface area contributed by atoms with Crippen LogP contribution >= 0.6 is 11.6 Å². The lowest BCUT2D eigenvalue weighted by molar-refractivity contribution is -0.150. The topological polar surface area (TPSA) is 73.1 Å². The molecule has 0 fully saturated rings. The molecule has 2 N–H and O–H groups in total. The normalized spacial score (nSPS) is 24.4. The minimum Gasteiger partial charge on any atom is -0.481 e. The van der Waals surface area contributed by atoms with Crippen LogP contribution in [0.3, 0.4) is 0 Å². The number of allylic oxidation sites excluding steroid dienone is 2. The minimum atomic E-state index is -1.34. The van der Waals surface area contributed by atoms with Gasteiger partial charge in [-0.3, -0.25) is 4.79 Å². The number of nitriles is 1. The van der Waals surface area contributed by atoms with E-state index in [2.05, 4.69) is 11.4 Å². The number of nitrogens with zero attached hydrogens (tertiary/aromatic N) is 1. The van der Waals surface area contributed by atoms with Gasteiger partial charge in [-0.1, -0.05) is 48.0 Å². The highest BCUT2D eigenvalue weighted by Crippen LogP contribution is 2.49. The zero-order chi connectivity index (χ0) is 20.5. The number of carboxylic acid groups (broad SMARTS) is 1. The Hall–Kier alpha value is -2.84. The molecule has 3 unspecified atom stereocenters. The van der Waals surface area contributed by atoms with Crippen molar-refractivity contribution < 1.29 is 14.3 Å². The number of hydrogen-bond acceptors (Lipinski definition) is 3. The van der Waals surface area contributed by atoms with Crippen LogP contribution in [-0.4, -0.2) is 17.1 Å². The Kier molecular flexibility index (Phi) is 5.44. The third-order valence-electron chi connectivity index (χ3n) is 5.58. The summed E-state index contributed by atoms with van der Waals surface area (Å²) < 4.78 is 13.6. The lowest BCUT2D eigenvalue weighted by Crippen LogP contribution is -2.54. The van der Waals surface area contributed by atoms with Crippen molar-refractivity contribution in [2.24, 2.45) is 5.41 Å². The first kappa shape index (κ1) is 19.9. The van der Waals surface area contributed by atoms with E-state index in [1.54, 1.807) is 13.8 Å². The molecule has 6 heteroatoms. The molecule has 2 aromatic carbocycles. The molecule has 0 amide bonds. The largest absolute Gasteiger partial charge is 0.481 e. The highest BCUT2D eigenvalue weighted by molar-refractivity contribution is 6.31. The number of nitrogens with one attached hydrogen (secondary N) is 1. The van der Waals surface area contributed by atoms with Gasteiger partial charge in [0.1, 0.15) is 5.82 Å². The van der Waals surface area contributed by atoms with E-state index in [0.29, 0.717) is 23.3 Å². The molecule has 3 atom stereocenters. The molecular formula is C22H20ClFN2O2. The summed E-state index contributed by atoms with van der Waals surface area (Å²) in [4.78, 5) is 12.3. The van der Waals surface area contributed by atoms with Crippen LogP contribution in [0.4, 0.5) is 4.39 Å². The number of hydrogen-bond donors (Lipinski definition) is 2. The summed E-state index contributed by atoms with van der Waals surface area (Å²) in [5.41, 5.74) is 1.05. The second-order valence-corrected chi connectivity index (χ2v) is 7.63. The van der Waals surface area contributed by atoms with Crippen LogP contribution in [-0.2, 0) is 11.2 Å². The van der Waals surface area contributed by atoms with E-state index >= 15 is 0 Å². The molecule has 0 aliphatic carbocycles. The molecule has 1 aliphatic heterocycles. The second kappa shape index (κ2) is 7.65. The van der Waals surface area contributed by atoms with Gasteiger partial charge in [0, 0.05) is 29.1 Å². The van der Waals surface area contributed by atoms with Crippen molar-refractivity contribution in [3.8, 4) is 6.07 Å². The van der Waals surface area contributed by atoms with Gasteiger partial charge in [-0.2, -0.15) is 5.26 Å². The van der Waals surface area contributed by atoms with Crippen molar-refractivity contribution in [1.82, 2.24) is 5.32 Å². The molecule has 1 heterocycles. The van der Waals surface area contributed by atoms with Crippen LogP contribution in [0.15, 0.2) is 59.8 Å². The van der Waals surface area contributed by atoms with Crippen molar-refractivity contribution in [1.29, 1.82) is 5.26 Å². The van der Waals surface area contributed by atoms with E-state index < -0.39 is 29.2 Å². The van der Waals surface area contributed by atoms with Crippen LogP contribution in [0.1, 0.15) is 30.9 Å². The lowest BCUT2D eigenvalue weighted by atomic mass is 9.63. The quantitative estimate of drug-likeness (QED) is 0.785. The van der Waals surface area contributed by atoms with Gasteiger partial charge in [-0.25, -0.2) is 4.39 Å². The molecule has 4 nitrogen and oxygen atoms in total. The molecule has 3 rings (SSSR count). The van der Waals surface area contributed by atoms with Crippen molar-refractivity contribution in [2.75, 3.05) is 0 Å². The average Bonchev–Trinajstić information content (AvgIpc) is 2.65. The summed E-state index contributed by atoms with van der Waals surface area (Å²) in [6.07, 6.45) is 0.457. The van der Waals surface area contributed by atoms with E-state index in [1.165, 1.54) is 12.1 Å². The van der Waals surface area contributed by atoms with Crippen molar-refractivity contribution >= 4 is 17.6 Å². The molecule has 28 heavy (non-hydrogen) atoms.